The number of nitrogens with zero attached hydrogens (tertiary/aromatic N) is 3. The van der Waals surface area contributed by atoms with Gasteiger partial charge in [-0.2, -0.15) is 0 Å². The number of aromatic nitrogens is 1. The normalized spacial score (nSPS) is 21.0. The van der Waals surface area contributed by atoms with Gasteiger partial charge in [-0.3, -0.25) is 9.69 Å². The quantitative estimate of drug-likeness (QED) is 0.873. The number of thiazole rings is 1. The summed E-state index contributed by atoms with van der Waals surface area (Å²) in [5.74, 6) is 0.0705. The van der Waals surface area contributed by atoms with Crippen molar-refractivity contribution in [1.82, 2.24) is 14.8 Å². The maximum Gasteiger partial charge on any atom is 0.273 e. The number of nitrogens with two attached hydrogens (primary N) is 1. The zero-order valence-corrected chi connectivity index (χ0v) is 14.3. The molecule has 1 amide bonds. The van der Waals surface area contributed by atoms with E-state index in [9.17, 15) is 4.79 Å². The van der Waals surface area contributed by atoms with Crippen LogP contribution in [-0.2, 0) is 4.74 Å². The van der Waals surface area contributed by atoms with Crippen LogP contribution < -0.4 is 5.73 Å². The van der Waals surface area contributed by atoms with Crippen molar-refractivity contribution >= 4 is 17.2 Å². The first-order valence-electron chi connectivity index (χ1n) is 8.50. The van der Waals surface area contributed by atoms with E-state index in [1.165, 1.54) is 11.3 Å². The fourth-order valence-electron chi connectivity index (χ4n) is 3.71. The lowest BCUT2D eigenvalue weighted by Gasteiger charge is -2.43. The van der Waals surface area contributed by atoms with Gasteiger partial charge >= 0.3 is 0 Å². The van der Waals surface area contributed by atoms with E-state index in [2.05, 4.69) is 9.88 Å². The van der Waals surface area contributed by atoms with Crippen LogP contribution >= 0.6 is 11.3 Å². The average molecular weight is 338 g/mol. The largest absolute Gasteiger partial charge is 0.381 e. The first-order valence-corrected chi connectivity index (χ1v) is 9.45. The van der Waals surface area contributed by atoms with Gasteiger partial charge in [-0.15, -0.1) is 11.3 Å². The molecule has 7 heteroatoms. The molecule has 1 aromatic heterocycles. The minimum atomic E-state index is 0.0705. The first kappa shape index (κ1) is 16.8. The molecule has 2 N–H and O–H groups in total. The van der Waals surface area contributed by atoms with Crippen molar-refractivity contribution in [3.63, 3.8) is 0 Å². The third kappa shape index (κ3) is 4.09. The molecule has 3 rings (SSSR count). The molecule has 0 spiro atoms. The monoisotopic (exact) mass is 338 g/mol. The maximum atomic E-state index is 12.4. The van der Waals surface area contributed by atoms with E-state index < -0.39 is 0 Å². The molecule has 0 aromatic carbocycles. The Bertz CT molecular complexity index is 482. The molecule has 3 heterocycles. The zero-order valence-electron chi connectivity index (χ0n) is 13.5. The fraction of sp³-hybridized carbons (Fsp3) is 0.750. The summed E-state index contributed by atoms with van der Waals surface area (Å²) in [5.41, 5.74) is 8.13. The van der Waals surface area contributed by atoms with Crippen LogP contribution in [0.5, 0.6) is 0 Å². The SMILES string of the molecule is NCCN(C1CCOCC1)C1CCN(C(=O)c2cscn2)CC1. The van der Waals surface area contributed by atoms with E-state index in [1.807, 2.05) is 10.3 Å². The van der Waals surface area contributed by atoms with E-state index in [-0.39, 0.29) is 5.91 Å². The summed E-state index contributed by atoms with van der Waals surface area (Å²) in [4.78, 5) is 21.0. The summed E-state index contributed by atoms with van der Waals surface area (Å²) in [5, 5.41) is 1.83. The molecule has 6 nitrogen and oxygen atoms in total. The third-order valence-electron chi connectivity index (χ3n) is 4.92. The Morgan fingerprint density at radius 1 is 1.30 bits per heavy atom. The van der Waals surface area contributed by atoms with Crippen molar-refractivity contribution in [3.8, 4) is 0 Å². The van der Waals surface area contributed by atoms with E-state index >= 15 is 0 Å². The van der Waals surface area contributed by atoms with E-state index in [0.29, 0.717) is 24.3 Å². The lowest BCUT2D eigenvalue weighted by atomic mass is 9.97. The van der Waals surface area contributed by atoms with Crippen molar-refractivity contribution in [3.05, 3.63) is 16.6 Å². The molecular weight excluding hydrogens is 312 g/mol. The van der Waals surface area contributed by atoms with E-state index in [0.717, 1.165) is 58.5 Å². The molecule has 2 saturated heterocycles. The highest BCUT2D eigenvalue weighted by Crippen LogP contribution is 2.24. The Morgan fingerprint density at radius 2 is 2.00 bits per heavy atom. The number of hydrogen-bond acceptors (Lipinski definition) is 6. The molecule has 0 aliphatic carbocycles. The second kappa shape index (κ2) is 8.19. The minimum absolute atomic E-state index is 0.0705. The van der Waals surface area contributed by atoms with Crippen LogP contribution in [0.15, 0.2) is 10.9 Å². The van der Waals surface area contributed by atoms with Crippen LogP contribution in [0.3, 0.4) is 0 Å². The summed E-state index contributed by atoms with van der Waals surface area (Å²) in [6.07, 6.45) is 4.23. The number of ether oxygens (including phenoxy) is 1. The second-order valence-electron chi connectivity index (χ2n) is 6.27. The highest BCUT2D eigenvalue weighted by Gasteiger charge is 2.31. The molecule has 0 saturated carbocycles. The van der Waals surface area contributed by atoms with Crippen LogP contribution in [0.1, 0.15) is 36.2 Å². The van der Waals surface area contributed by atoms with Gasteiger partial charge < -0.3 is 15.4 Å². The Hall–Kier alpha value is -1.02. The van der Waals surface area contributed by atoms with Gasteiger partial charge in [0.2, 0.25) is 0 Å². The first-order chi connectivity index (χ1) is 11.3. The summed E-state index contributed by atoms with van der Waals surface area (Å²) >= 11 is 1.47. The summed E-state index contributed by atoms with van der Waals surface area (Å²) in [7, 11) is 0. The van der Waals surface area contributed by atoms with Gasteiger partial charge in [0.05, 0.1) is 5.51 Å². The molecule has 1 aromatic rings. The van der Waals surface area contributed by atoms with Gasteiger partial charge in [0.15, 0.2) is 0 Å². The average Bonchev–Trinajstić information content (AvgIpc) is 3.15. The number of amides is 1. The maximum absolute atomic E-state index is 12.4. The molecule has 2 aliphatic rings. The van der Waals surface area contributed by atoms with Crippen LogP contribution in [0.4, 0.5) is 0 Å². The molecule has 0 unspecified atom stereocenters. The Morgan fingerprint density at radius 3 is 2.61 bits per heavy atom. The van der Waals surface area contributed by atoms with Crippen molar-refractivity contribution in [2.24, 2.45) is 5.73 Å². The molecule has 0 atom stereocenters. The fourth-order valence-corrected chi connectivity index (χ4v) is 4.24. The number of rotatable bonds is 5. The van der Waals surface area contributed by atoms with Gasteiger partial charge in [-0.05, 0) is 25.7 Å². The molecule has 128 valence electrons. The van der Waals surface area contributed by atoms with Crippen LogP contribution in [-0.4, -0.2) is 72.2 Å². The Labute approximate surface area is 141 Å². The number of carbonyl (C=O) groups is 1. The van der Waals surface area contributed by atoms with Gasteiger partial charge in [-0.1, -0.05) is 0 Å². The summed E-state index contributed by atoms with van der Waals surface area (Å²) < 4.78 is 5.49. The van der Waals surface area contributed by atoms with Crippen molar-refractivity contribution in [1.29, 1.82) is 0 Å². The van der Waals surface area contributed by atoms with Crippen molar-refractivity contribution in [2.75, 3.05) is 39.4 Å². The van der Waals surface area contributed by atoms with Crippen LogP contribution in [0, 0.1) is 0 Å². The second-order valence-corrected chi connectivity index (χ2v) is 6.99. The molecular formula is C16H26N4O2S. The lowest BCUT2D eigenvalue weighted by Crippen LogP contribution is -2.52. The van der Waals surface area contributed by atoms with E-state index in [1.54, 1.807) is 5.51 Å². The van der Waals surface area contributed by atoms with Gasteiger partial charge in [0.1, 0.15) is 5.69 Å². The van der Waals surface area contributed by atoms with Gasteiger partial charge in [0, 0.05) is 56.9 Å². The number of carbonyl (C=O) groups excluding carboxylic acids is 1. The van der Waals surface area contributed by atoms with Crippen LogP contribution in [0.2, 0.25) is 0 Å². The third-order valence-corrected chi connectivity index (χ3v) is 5.51. The number of likely N-dealkylation sites (tertiary alicyclic amines) is 1. The molecule has 0 radical (unpaired) electrons. The highest BCUT2D eigenvalue weighted by molar-refractivity contribution is 7.07. The Kier molecular flexibility index (Phi) is 5.99. The van der Waals surface area contributed by atoms with Crippen LogP contribution in [0.25, 0.3) is 0 Å². The molecule has 2 aliphatic heterocycles. The predicted octanol–water partition coefficient (Wildman–Crippen LogP) is 1.19. The Balaban J connectivity index is 1.56. The number of hydrogen-bond donors (Lipinski definition) is 1. The smallest absolute Gasteiger partial charge is 0.273 e. The standard InChI is InChI=1S/C16H26N4O2S/c17-5-8-20(14-3-9-22-10-4-14)13-1-6-19(7-2-13)16(21)15-11-23-12-18-15/h11-14H,1-10,17H2. The lowest BCUT2D eigenvalue weighted by molar-refractivity contribution is 0.00411. The summed E-state index contributed by atoms with van der Waals surface area (Å²) in [6, 6.07) is 1.11. The van der Waals surface area contributed by atoms with Gasteiger partial charge in [0.25, 0.3) is 5.91 Å². The summed E-state index contributed by atoms with van der Waals surface area (Å²) in [6.45, 7) is 4.96. The zero-order chi connectivity index (χ0) is 16.1. The topological polar surface area (TPSA) is 71.7 Å². The number of piperidine rings is 1. The van der Waals surface area contributed by atoms with Crippen molar-refractivity contribution in [2.45, 2.75) is 37.8 Å². The minimum Gasteiger partial charge on any atom is -0.381 e. The van der Waals surface area contributed by atoms with Crippen molar-refractivity contribution < 1.29 is 9.53 Å². The van der Waals surface area contributed by atoms with E-state index in [4.69, 9.17) is 10.5 Å². The highest BCUT2D eigenvalue weighted by atomic mass is 32.1. The molecule has 0 bridgehead atoms. The van der Waals surface area contributed by atoms with Gasteiger partial charge in [-0.25, -0.2) is 4.98 Å². The molecule has 23 heavy (non-hydrogen) atoms. The molecule has 2 fully saturated rings. The predicted molar refractivity (Wildman–Crippen MR) is 90.6 cm³/mol.